The van der Waals surface area contributed by atoms with E-state index in [0.29, 0.717) is 24.6 Å². The highest BCUT2D eigenvalue weighted by molar-refractivity contribution is 7.09. The third-order valence-corrected chi connectivity index (χ3v) is 6.85. The lowest BCUT2D eigenvalue weighted by atomic mass is 10.0. The van der Waals surface area contributed by atoms with Crippen LogP contribution >= 0.6 is 11.3 Å². The van der Waals surface area contributed by atoms with Crippen LogP contribution < -0.4 is 5.32 Å². The Morgan fingerprint density at radius 3 is 2.71 bits per heavy atom. The summed E-state index contributed by atoms with van der Waals surface area (Å²) in [5.41, 5.74) is 0. The van der Waals surface area contributed by atoms with E-state index in [9.17, 15) is 9.59 Å². The fourth-order valence-electron chi connectivity index (χ4n) is 4.31. The van der Waals surface area contributed by atoms with Gasteiger partial charge in [-0.15, -0.1) is 21.5 Å². The van der Waals surface area contributed by atoms with Crippen molar-refractivity contribution in [2.75, 3.05) is 0 Å². The molecule has 0 aromatic carbocycles. The van der Waals surface area contributed by atoms with Gasteiger partial charge < -0.3 is 14.6 Å². The lowest BCUT2D eigenvalue weighted by molar-refractivity contribution is -0.143. The van der Waals surface area contributed by atoms with Crippen molar-refractivity contribution >= 4 is 23.2 Å². The third kappa shape index (κ3) is 6.11. The SMILES string of the molecule is Cc1ccc(-c2nnn(CC(=O)N(Cc3cccs3)C(CC(C)C)C(=O)NC3CCCC3)n2)o1. The number of carbonyl (C=O) groups excluding carboxylic acids is 2. The molecular weight excluding hydrogens is 452 g/mol. The van der Waals surface area contributed by atoms with Gasteiger partial charge in [0.15, 0.2) is 5.76 Å². The molecule has 1 atom stereocenters. The van der Waals surface area contributed by atoms with Crippen LogP contribution in [0.25, 0.3) is 11.6 Å². The van der Waals surface area contributed by atoms with Crippen LogP contribution in [0.15, 0.2) is 34.1 Å². The average Bonchev–Trinajstić information content (AvgIpc) is 3.58. The Morgan fingerprint density at radius 1 is 1.26 bits per heavy atom. The Balaban J connectivity index is 1.54. The molecule has 3 aromatic heterocycles. The van der Waals surface area contributed by atoms with Crippen LogP contribution in [0.3, 0.4) is 0 Å². The third-order valence-electron chi connectivity index (χ3n) is 5.99. The van der Waals surface area contributed by atoms with E-state index in [2.05, 4.69) is 34.6 Å². The predicted molar refractivity (Wildman–Crippen MR) is 129 cm³/mol. The Bertz CT molecular complexity index is 1080. The minimum absolute atomic E-state index is 0.0798. The van der Waals surface area contributed by atoms with E-state index in [0.717, 1.165) is 36.3 Å². The Kier molecular flexibility index (Phi) is 7.77. The van der Waals surface area contributed by atoms with Gasteiger partial charge in [-0.25, -0.2) is 0 Å². The van der Waals surface area contributed by atoms with Gasteiger partial charge in [-0.1, -0.05) is 32.8 Å². The molecule has 3 heterocycles. The van der Waals surface area contributed by atoms with E-state index in [4.69, 9.17) is 4.42 Å². The number of rotatable bonds is 10. The number of nitrogens with zero attached hydrogens (tertiary/aromatic N) is 5. The predicted octanol–water partition coefficient (Wildman–Crippen LogP) is 3.81. The van der Waals surface area contributed by atoms with E-state index in [-0.39, 0.29) is 30.3 Å². The Hall–Kier alpha value is -3.01. The summed E-state index contributed by atoms with van der Waals surface area (Å²) in [6.07, 6.45) is 4.84. The van der Waals surface area contributed by atoms with Crippen molar-refractivity contribution in [3.8, 4) is 11.6 Å². The first-order chi connectivity index (χ1) is 16.4. The Morgan fingerprint density at radius 2 is 2.06 bits per heavy atom. The highest BCUT2D eigenvalue weighted by Gasteiger charge is 2.33. The average molecular weight is 485 g/mol. The van der Waals surface area contributed by atoms with E-state index in [1.54, 1.807) is 22.3 Å². The maximum atomic E-state index is 13.6. The van der Waals surface area contributed by atoms with E-state index in [1.165, 1.54) is 4.80 Å². The van der Waals surface area contributed by atoms with Crippen molar-refractivity contribution in [3.05, 3.63) is 40.3 Å². The number of hydrogen-bond acceptors (Lipinski definition) is 7. The zero-order chi connectivity index (χ0) is 24.1. The van der Waals surface area contributed by atoms with Gasteiger partial charge in [-0.3, -0.25) is 9.59 Å². The molecule has 0 saturated heterocycles. The monoisotopic (exact) mass is 484 g/mol. The molecule has 34 heavy (non-hydrogen) atoms. The molecule has 1 unspecified atom stereocenters. The second-order valence-corrected chi connectivity index (χ2v) is 10.3. The molecule has 4 rings (SSSR count). The second kappa shape index (κ2) is 10.9. The first kappa shape index (κ1) is 24.1. The van der Waals surface area contributed by atoms with Crippen LogP contribution in [-0.4, -0.2) is 49.0 Å². The molecule has 1 aliphatic carbocycles. The van der Waals surface area contributed by atoms with Crippen LogP contribution in [0, 0.1) is 12.8 Å². The number of aryl methyl sites for hydroxylation is 1. The molecule has 1 N–H and O–H groups in total. The van der Waals surface area contributed by atoms with Gasteiger partial charge in [-0.2, -0.15) is 4.80 Å². The number of hydrogen-bond donors (Lipinski definition) is 1. The van der Waals surface area contributed by atoms with Crippen molar-refractivity contribution in [2.45, 2.75) is 78.0 Å². The van der Waals surface area contributed by atoms with Crippen LogP contribution in [0.1, 0.15) is 56.6 Å². The summed E-state index contributed by atoms with van der Waals surface area (Å²) in [5.74, 6) is 1.51. The van der Waals surface area contributed by atoms with Crippen molar-refractivity contribution in [2.24, 2.45) is 5.92 Å². The van der Waals surface area contributed by atoms with Gasteiger partial charge in [0.05, 0.1) is 6.54 Å². The van der Waals surface area contributed by atoms with Gasteiger partial charge in [0, 0.05) is 10.9 Å². The smallest absolute Gasteiger partial charge is 0.247 e. The maximum Gasteiger partial charge on any atom is 0.247 e. The molecular formula is C24H32N6O3S. The normalized spacial score (nSPS) is 15.1. The second-order valence-electron chi connectivity index (χ2n) is 9.29. The highest BCUT2D eigenvalue weighted by atomic mass is 32.1. The number of carbonyl (C=O) groups is 2. The summed E-state index contributed by atoms with van der Waals surface area (Å²) in [6, 6.07) is 7.16. The molecule has 182 valence electrons. The van der Waals surface area contributed by atoms with Crippen LogP contribution in [0.4, 0.5) is 0 Å². The minimum Gasteiger partial charge on any atom is -0.458 e. The molecule has 1 aliphatic rings. The Labute approximate surface area is 203 Å². The molecule has 0 radical (unpaired) electrons. The largest absolute Gasteiger partial charge is 0.458 e. The van der Waals surface area contributed by atoms with Gasteiger partial charge in [0.25, 0.3) is 0 Å². The molecule has 1 fully saturated rings. The molecule has 0 bridgehead atoms. The van der Waals surface area contributed by atoms with E-state index >= 15 is 0 Å². The molecule has 0 aliphatic heterocycles. The van der Waals surface area contributed by atoms with E-state index < -0.39 is 6.04 Å². The highest BCUT2D eigenvalue weighted by Crippen LogP contribution is 2.22. The molecule has 3 aromatic rings. The van der Waals surface area contributed by atoms with Crippen molar-refractivity contribution in [1.29, 1.82) is 0 Å². The van der Waals surface area contributed by atoms with Gasteiger partial charge in [0.2, 0.25) is 17.6 Å². The summed E-state index contributed by atoms with van der Waals surface area (Å²) in [7, 11) is 0. The maximum absolute atomic E-state index is 13.6. The number of tetrazole rings is 1. The standard InChI is InChI=1S/C24H32N6O3S/c1-16(2)13-20(24(32)25-18-7-4-5-8-18)29(14-19-9-6-12-34-19)22(31)15-30-27-23(26-28-30)21-11-10-17(3)33-21/h6,9-12,16,18,20H,4-5,7-8,13-15H2,1-3H3,(H,25,32). The zero-order valence-corrected chi connectivity index (χ0v) is 20.8. The number of amides is 2. The van der Waals surface area contributed by atoms with E-state index in [1.807, 2.05) is 30.5 Å². The summed E-state index contributed by atoms with van der Waals surface area (Å²) in [6.45, 7) is 6.24. The lowest BCUT2D eigenvalue weighted by Crippen LogP contribution is -2.52. The van der Waals surface area contributed by atoms with Gasteiger partial charge >= 0.3 is 0 Å². The summed E-state index contributed by atoms with van der Waals surface area (Å²) >= 11 is 1.57. The number of thiophene rings is 1. The first-order valence-electron chi connectivity index (χ1n) is 11.9. The van der Waals surface area contributed by atoms with Crippen molar-refractivity contribution < 1.29 is 14.0 Å². The summed E-state index contributed by atoms with van der Waals surface area (Å²) in [5, 5.41) is 17.6. The van der Waals surface area contributed by atoms with Crippen LogP contribution in [-0.2, 0) is 22.7 Å². The minimum atomic E-state index is -0.564. The molecule has 0 spiro atoms. The molecule has 2 amide bonds. The van der Waals surface area contributed by atoms with Crippen LogP contribution in [0.2, 0.25) is 0 Å². The zero-order valence-electron chi connectivity index (χ0n) is 19.9. The number of aromatic nitrogens is 4. The number of nitrogens with one attached hydrogen (secondary N) is 1. The fourth-order valence-corrected chi connectivity index (χ4v) is 5.01. The summed E-state index contributed by atoms with van der Waals surface area (Å²) in [4.78, 5) is 30.9. The molecule has 1 saturated carbocycles. The van der Waals surface area contributed by atoms with Gasteiger partial charge in [-0.05, 0) is 60.9 Å². The fraction of sp³-hybridized carbons (Fsp3) is 0.542. The lowest BCUT2D eigenvalue weighted by Gasteiger charge is -2.32. The van der Waals surface area contributed by atoms with Crippen LogP contribution in [0.5, 0.6) is 0 Å². The molecule has 9 nitrogen and oxygen atoms in total. The van der Waals surface area contributed by atoms with Crippen molar-refractivity contribution in [3.63, 3.8) is 0 Å². The van der Waals surface area contributed by atoms with Crippen molar-refractivity contribution in [1.82, 2.24) is 30.4 Å². The first-order valence-corrected chi connectivity index (χ1v) is 12.7. The molecule has 10 heteroatoms. The quantitative estimate of drug-likeness (QED) is 0.469. The van der Waals surface area contributed by atoms with Gasteiger partial charge in [0.1, 0.15) is 18.3 Å². The number of furan rings is 1. The topological polar surface area (TPSA) is 106 Å². The summed E-state index contributed by atoms with van der Waals surface area (Å²) < 4.78 is 5.56.